The minimum absolute atomic E-state index is 0. The maximum atomic E-state index is 5.89. The van der Waals surface area contributed by atoms with Gasteiger partial charge in [-0.25, -0.2) is 0 Å². The summed E-state index contributed by atoms with van der Waals surface area (Å²) in [6, 6.07) is 8.15. The highest BCUT2D eigenvalue weighted by molar-refractivity contribution is 14.0. The Hall–Kier alpha value is -0.830. The molecule has 1 heterocycles. The highest BCUT2D eigenvalue weighted by atomic mass is 127. The van der Waals surface area contributed by atoms with Gasteiger partial charge in [0.2, 0.25) is 0 Å². The van der Waals surface area contributed by atoms with E-state index in [9.17, 15) is 0 Å². The van der Waals surface area contributed by atoms with Crippen LogP contribution >= 0.6 is 35.7 Å². The summed E-state index contributed by atoms with van der Waals surface area (Å²) < 4.78 is 11.0. The first-order chi connectivity index (χ1) is 11.2. The second-order valence-electron chi connectivity index (χ2n) is 5.62. The Bertz CT molecular complexity index is 493. The Morgan fingerprint density at radius 2 is 2.04 bits per heavy atom. The summed E-state index contributed by atoms with van der Waals surface area (Å²) in [4.78, 5) is 4.30. The van der Waals surface area contributed by atoms with E-state index in [0.717, 1.165) is 23.2 Å². The highest BCUT2D eigenvalue weighted by Crippen LogP contribution is 2.18. The third-order valence-electron chi connectivity index (χ3n) is 3.68. The zero-order chi connectivity index (χ0) is 16.5. The molecule has 1 saturated heterocycles. The molecule has 1 aromatic rings. The molecule has 0 radical (unpaired) electrons. The number of aliphatic imine (C=N–C) groups is 1. The Morgan fingerprint density at radius 3 is 2.62 bits per heavy atom. The van der Waals surface area contributed by atoms with Gasteiger partial charge in [-0.3, -0.25) is 4.99 Å². The summed E-state index contributed by atoms with van der Waals surface area (Å²) in [7, 11) is 3.46. The van der Waals surface area contributed by atoms with Crippen molar-refractivity contribution in [3.05, 3.63) is 24.3 Å². The first-order valence-corrected chi connectivity index (χ1v) is 9.22. The largest absolute Gasteiger partial charge is 0.497 e. The van der Waals surface area contributed by atoms with Crippen LogP contribution in [0.4, 0.5) is 0 Å². The molecule has 24 heavy (non-hydrogen) atoms. The van der Waals surface area contributed by atoms with Crippen molar-refractivity contribution in [2.24, 2.45) is 4.99 Å². The van der Waals surface area contributed by atoms with Crippen LogP contribution in [-0.4, -0.2) is 50.3 Å². The van der Waals surface area contributed by atoms with Crippen LogP contribution in [0.2, 0.25) is 0 Å². The fourth-order valence-electron chi connectivity index (χ4n) is 2.41. The van der Waals surface area contributed by atoms with Gasteiger partial charge in [-0.15, -0.1) is 24.0 Å². The molecule has 0 amide bonds. The molecule has 7 heteroatoms. The molecular formula is C17H28IN3O2S. The summed E-state index contributed by atoms with van der Waals surface area (Å²) in [6.07, 6.45) is 2.53. The van der Waals surface area contributed by atoms with Crippen LogP contribution in [0.3, 0.4) is 0 Å². The van der Waals surface area contributed by atoms with E-state index in [1.54, 1.807) is 14.2 Å². The van der Waals surface area contributed by atoms with E-state index in [1.807, 2.05) is 43.0 Å². The van der Waals surface area contributed by atoms with Gasteiger partial charge in [0, 0.05) is 18.8 Å². The number of ether oxygens (including phenoxy) is 2. The molecule has 1 fully saturated rings. The Labute approximate surface area is 166 Å². The smallest absolute Gasteiger partial charge is 0.191 e. The second kappa shape index (κ2) is 11.7. The van der Waals surface area contributed by atoms with Crippen LogP contribution in [0.25, 0.3) is 0 Å². The molecule has 0 aliphatic carbocycles. The average molecular weight is 465 g/mol. The summed E-state index contributed by atoms with van der Waals surface area (Å²) in [5, 5.41) is 6.83. The van der Waals surface area contributed by atoms with Crippen molar-refractivity contribution in [2.45, 2.75) is 31.9 Å². The number of nitrogens with one attached hydrogen (secondary N) is 2. The van der Waals surface area contributed by atoms with Gasteiger partial charge < -0.3 is 20.1 Å². The van der Waals surface area contributed by atoms with Crippen LogP contribution < -0.4 is 20.1 Å². The lowest BCUT2D eigenvalue weighted by Gasteiger charge is -2.25. The van der Waals surface area contributed by atoms with Crippen LogP contribution in [0.15, 0.2) is 29.3 Å². The average Bonchev–Trinajstić information content (AvgIpc) is 2.60. The molecule has 2 rings (SSSR count). The first-order valence-electron chi connectivity index (χ1n) is 8.07. The number of halogens is 1. The van der Waals surface area contributed by atoms with Gasteiger partial charge in [0.25, 0.3) is 0 Å². The van der Waals surface area contributed by atoms with E-state index in [2.05, 4.69) is 15.6 Å². The fourth-order valence-corrected chi connectivity index (χ4v) is 3.48. The molecule has 2 unspecified atom stereocenters. The van der Waals surface area contributed by atoms with Gasteiger partial charge in [0.1, 0.15) is 17.6 Å². The molecule has 0 bridgehead atoms. The monoisotopic (exact) mass is 465 g/mol. The number of hydrogen-bond donors (Lipinski definition) is 2. The van der Waals surface area contributed by atoms with E-state index in [-0.39, 0.29) is 30.1 Å². The van der Waals surface area contributed by atoms with E-state index >= 15 is 0 Å². The second-order valence-corrected chi connectivity index (χ2v) is 6.77. The SMILES string of the molecule is CN=C(NCC(C)Oc1ccc(OC)cc1)NC1CCCSC1.I. The molecule has 2 N–H and O–H groups in total. The molecule has 5 nitrogen and oxygen atoms in total. The molecule has 0 aromatic heterocycles. The van der Waals surface area contributed by atoms with Crippen LogP contribution in [0, 0.1) is 0 Å². The number of guanidine groups is 1. The third-order valence-corrected chi connectivity index (χ3v) is 4.89. The maximum absolute atomic E-state index is 5.89. The molecule has 1 aliphatic rings. The molecule has 136 valence electrons. The van der Waals surface area contributed by atoms with E-state index < -0.39 is 0 Å². The van der Waals surface area contributed by atoms with E-state index in [0.29, 0.717) is 12.6 Å². The van der Waals surface area contributed by atoms with Crippen molar-refractivity contribution in [1.82, 2.24) is 10.6 Å². The molecule has 1 aliphatic heterocycles. The van der Waals surface area contributed by atoms with Gasteiger partial charge in [-0.2, -0.15) is 11.8 Å². The molecule has 2 atom stereocenters. The summed E-state index contributed by atoms with van der Waals surface area (Å²) in [5.74, 6) is 4.95. The number of nitrogens with zero attached hydrogens (tertiary/aromatic N) is 1. The van der Waals surface area contributed by atoms with Gasteiger partial charge in [0.05, 0.1) is 13.7 Å². The predicted octanol–water partition coefficient (Wildman–Crippen LogP) is 3.14. The lowest BCUT2D eigenvalue weighted by atomic mass is 10.2. The van der Waals surface area contributed by atoms with Crippen LogP contribution in [-0.2, 0) is 0 Å². The first kappa shape index (κ1) is 21.2. The predicted molar refractivity (Wildman–Crippen MR) is 113 cm³/mol. The molecule has 1 aromatic carbocycles. The molecular weight excluding hydrogens is 437 g/mol. The molecule has 0 spiro atoms. The summed E-state index contributed by atoms with van der Waals surface area (Å²) in [6.45, 7) is 2.74. The zero-order valence-electron chi connectivity index (χ0n) is 14.6. The van der Waals surface area contributed by atoms with Gasteiger partial charge in [0.15, 0.2) is 5.96 Å². The van der Waals surface area contributed by atoms with Crippen molar-refractivity contribution < 1.29 is 9.47 Å². The summed E-state index contributed by atoms with van der Waals surface area (Å²) >= 11 is 2.00. The Kier molecular flexibility index (Phi) is 10.3. The van der Waals surface area contributed by atoms with Gasteiger partial charge >= 0.3 is 0 Å². The van der Waals surface area contributed by atoms with Crippen LogP contribution in [0.1, 0.15) is 19.8 Å². The van der Waals surface area contributed by atoms with Gasteiger partial charge in [-0.1, -0.05) is 0 Å². The standard InChI is InChI=1S/C17H27N3O2S.HI/c1-13(22-16-8-6-15(21-3)7-9-16)11-19-17(18-2)20-14-5-4-10-23-12-14;/h6-9,13-14H,4-5,10-12H2,1-3H3,(H2,18,19,20);1H. The van der Waals surface area contributed by atoms with E-state index in [4.69, 9.17) is 9.47 Å². The number of hydrogen-bond acceptors (Lipinski definition) is 4. The Morgan fingerprint density at radius 1 is 1.33 bits per heavy atom. The number of benzene rings is 1. The lowest BCUT2D eigenvalue weighted by Crippen LogP contribution is -2.47. The van der Waals surface area contributed by atoms with Crippen molar-refractivity contribution in [1.29, 1.82) is 0 Å². The number of rotatable bonds is 6. The van der Waals surface area contributed by atoms with Gasteiger partial charge in [-0.05, 0) is 49.8 Å². The number of methoxy groups -OCH3 is 1. The van der Waals surface area contributed by atoms with Crippen LogP contribution in [0.5, 0.6) is 11.5 Å². The van der Waals surface area contributed by atoms with Crippen molar-refractivity contribution in [3.8, 4) is 11.5 Å². The maximum Gasteiger partial charge on any atom is 0.191 e. The quantitative estimate of drug-likeness (QED) is 0.384. The fraction of sp³-hybridized carbons (Fsp3) is 0.588. The normalized spacial score (nSPS) is 19.0. The third kappa shape index (κ3) is 7.38. The topological polar surface area (TPSA) is 54.9 Å². The zero-order valence-corrected chi connectivity index (χ0v) is 17.7. The lowest BCUT2D eigenvalue weighted by molar-refractivity contribution is 0.223. The Balaban J connectivity index is 0.00000288. The minimum atomic E-state index is 0. The number of thioether (sulfide) groups is 1. The molecule has 0 saturated carbocycles. The highest BCUT2D eigenvalue weighted by Gasteiger charge is 2.15. The van der Waals surface area contributed by atoms with Crippen molar-refractivity contribution in [3.63, 3.8) is 0 Å². The van der Waals surface area contributed by atoms with Crippen molar-refractivity contribution in [2.75, 3.05) is 32.2 Å². The van der Waals surface area contributed by atoms with E-state index in [1.165, 1.54) is 18.6 Å². The summed E-state index contributed by atoms with van der Waals surface area (Å²) in [5.41, 5.74) is 0. The minimum Gasteiger partial charge on any atom is -0.497 e. The van der Waals surface area contributed by atoms with Crippen molar-refractivity contribution >= 4 is 41.7 Å².